The minimum atomic E-state index is -1.03. The Labute approximate surface area is 162 Å². The molecule has 2 aromatic carbocycles. The van der Waals surface area contributed by atoms with E-state index < -0.39 is 23.8 Å². The number of benzene rings is 2. The Hall–Kier alpha value is -3.35. The first kappa shape index (κ1) is 19.4. The SMILES string of the molecule is COc1cc(C)c(COC(=O)[C@H](C)N2C(=O)c3ccccc3C2=O)cc1OC. The molecule has 0 N–H and O–H groups in total. The van der Waals surface area contributed by atoms with Crippen LogP contribution >= 0.6 is 0 Å². The number of hydrogen-bond acceptors (Lipinski definition) is 6. The van der Waals surface area contributed by atoms with Gasteiger partial charge < -0.3 is 14.2 Å². The summed E-state index contributed by atoms with van der Waals surface area (Å²) in [5.41, 5.74) is 2.19. The molecule has 1 atom stereocenters. The van der Waals surface area contributed by atoms with Crippen molar-refractivity contribution in [2.24, 2.45) is 0 Å². The molecular formula is C21H21NO6. The van der Waals surface area contributed by atoms with Crippen molar-refractivity contribution in [3.8, 4) is 11.5 Å². The van der Waals surface area contributed by atoms with Gasteiger partial charge in [-0.15, -0.1) is 0 Å². The Balaban J connectivity index is 1.73. The highest BCUT2D eigenvalue weighted by Gasteiger charge is 2.41. The molecular weight excluding hydrogens is 362 g/mol. The number of imide groups is 1. The Bertz CT molecular complexity index is 917. The van der Waals surface area contributed by atoms with Crippen molar-refractivity contribution in [3.63, 3.8) is 0 Å². The van der Waals surface area contributed by atoms with Gasteiger partial charge in [0.2, 0.25) is 0 Å². The number of carbonyl (C=O) groups is 3. The van der Waals surface area contributed by atoms with Crippen LogP contribution in [0.3, 0.4) is 0 Å². The summed E-state index contributed by atoms with van der Waals surface area (Å²) in [6, 6.07) is 8.98. The van der Waals surface area contributed by atoms with Crippen LogP contribution < -0.4 is 9.47 Å². The molecule has 28 heavy (non-hydrogen) atoms. The largest absolute Gasteiger partial charge is 0.493 e. The van der Waals surface area contributed by atoms with E-state index in [2.05, 4.69) is 0 Å². The lowest BCUT2D eigenvalue weighted by atomic mass is 10.1. The Morgan fingerprint density at radius 3 is 2.07 bits per heavy atom. The van der Waals surface area contributed by atoms with Gasteiger partial charge in [0.05, 0.1) is 25.3 Å². The van der Waals surface area contributed by atoms with Crippen LogP contribution in [0.15, 0.2) is 36.4 Å². The molecule has 0 spiro atoms. The maximum absolute atomic E-state index is 12.5. The molecule has 2 aromatic rings. The molecule has 0 bridgehead atoms. The molecule has 0 saturated carbocycles. The number of amides is 2. The zero-order valence-corrected chi connectivity index (χ0v) is 16.1. The van der Waals surface area contributed by atoms with Crippen LogP contribution in [0.1, 0.15) is 38.8 Å². The highest BCUT2D eigenvalue weighted by Crippen LogP contribution is 2.31. The molecule has 2 amide bonds. The number of esters is 1. The highest BCUT2D eigenvalue weighted by molar-refractivity contribution is 6.22. The average Bonchev–Trinajstić information content (AvgIpc) is 2.96. The van der Waals surface area contributed by atoms with E-state index >= 15 is 0 Å². The van der Waals surface area contributed by atoms with Gasteiger partial charge >= 0.3 is 5.97 Å². The molecule has 146 valence electrons. The van der Waals surface area contributed by atoms with Crippen molar-refractivity contribution >= 4 is 17.8 Å². The predicted octanol–water partition coefficient (Wildman–Crippen LogP) is 2.74. The second-order valence-corrected chi connectivity index (χ2v) is 6.44. The van der Waals surface area contributed by atoms with Crippen molar-refractivity contribution in [3.05, 3.63) is 58.7 Å². The van der Waals surface area contributed by atoms with E-state index in [0.717, 1.165) is 16.0 Å². The van der Waals surface area contributed by atoms with E-state index in [1.165, 1.54) is 14.0 Å². The topological polar surface area (TPSA) is 82.1 Å². The number of fused-ring (bicyclic) bond motifs is 1. The molecule has 1 aliphatic heterocycles. The third-order valence-electron chi connectivity index (χ3n) is 4.77. The van der Waals surface area contributed by atoms with E-state index in [1.807, 2.05) is 6.92 Å². The lowest BCUT2D eigenvalue weighted by Crippen LogP contribution is -2.43. The van der Waals surface area contributed by atoms with Crippen molar-refractivity contribution in [1.29, 1.82) is 0 Å². The monoisotopic (exact) mass is 383 g/mol. The predicted molar refractivity (Wildman–Crippen MR) is 100 cm³/mol. The molecule has 0 aromatic heterocycles. The summed E-state index contributed by atoms with van der Waals surface area (Å²) in [5.74, 6) is -0.551. The third-order valence-corrected chi connectivity index (χ3v) is 4.77. The van der Waals surface area contributed by atoms with Gasteiger partial charge in [-0.2, -0.15) is 0 Å². The minimum Gasteiger partial charge on any atom is -0.493 e. The van der Waals surface area contributed by atoms with Crippen molar-refractivity contribution < 1.29 is 28.6 Å². The Morgan fingerprint density at radius 2 is 1.54 bits per heavy atom. The zero-order chi connectivity index (χ0) is 20.4. The maximum Gasteiger partial charge on any atom is 0.329 e. The number of aryl methyl sites for hydroxylation is 1. The van der Waals surface area contributed by atoms with Crippen LogP contribution in [0.4, 0.5) is 0 Å². The lowest BCUT2D eigenvalue weighted by Gasteiger charge is -2.21. The number of ether oxygens (including phenoxy) is 3. The Morgan fingerprint density at radius 1 is 1.00 bits per heavy atom. The summed E-state index contributed by atoms with van der Waals surface area (Å²) in [6.07, 6.45) is 0. The van der Waals surface area contributed by atoms with Gasteiger partial charge in [-0.3, -0.25) is 14.5 Å². The van der Waals surface area contributed by atoms with Crippen molar-refractivity contribution in [2.75, 3.05) is 14.2 Å². The molecule has 0 unspecified atom stereocenters. The molecule has 7 heteroatoms. The van der Waals surface area contributed by atoms with E-state index in [4.69, 9.17) is 14.2 Å². The van der Waals surface area contributed by atoms with Gasteiger partial charge in [0.1, 0.15) is 12.6 Å². The molecule has 0 fully saturated rings. The highest BCUT2D eigenvalue weighted by atomic mass is 16.5. The quantitative estimate of drug-likeness (QED) is 0.564. The van der Waals surface area contributed by atoms with Gasteiger partial charge in [-0.05, 0) is 49.2 Å². The fourth-order valence-electron chi connectivity index (χ4n) is 3.11. The maximum atomic E-state index is 12.5. The summed E-state index contributed by atoms with van der Waals surface area (Å²) in [6.45, 7) is 3.32. The van der Waals surface area contributed by atoms with Crippen LogP contribution in [0.2, 0.25) is 0 Å². The normalized spacial score (nSPS) is 13.9. The van der Waals surface area contributed by atoms with E-state index in [1.54, 1.807) is 43.5 Å². The van der Waals surface area contributed by atoms with Gasteiger partial charge in [0.15, 0.2) is 11.5 Å². The fraction of sp³-hybridized carbons (Fsp3) is 0.286. The smallest absolute Gasteiger partial charge is 0.329 e. The molecule has 1 aliphatic rings. The van der Waals surface area contributed by atoms with E-state index in [0.29, 0.717) is 22.6 Å². The second kappa shape index (κ2) is 7.72. The second-order valence-electron chi connectivity index (χ2n) is 6.44. The van der Waals surface area contributed by atoms with Crippen molar-refractivity contribution in [1.82, 2.24) is 4.90 Å². The molecule has 0 saturated heterocycles. The first-order chi connectivity index (χ1) is 13.4. The van der Waals surface area contributed by atoms with Crippen LogP contribution in [0, 0.1) is 6.92 Å². The van der Waals surface area contributed by atoms with Crippen LogP contribution in [0.25, 0.3) is 0 Å². The van der Waals surface area contributed by atoms with Crippen LogP contribution in [-0.4, -0.2) is 42.9 Å². The molecule has 7 nitrogen and oxygen atoms in total. The molecule has 3 rings (SSSR count). The van der Waals surface area contributed by atoms with Gasteiger partial charge in [0.25, 0.3) is 11.8 Å². The zero-order valence-electron chi connectivity index (χ0n) is 16.1. The summed E-state index contributed by atoms with van der Waals surface area (Å²) in [4.78, 5) is 38.5. The Kier molecular flexibility index (Phi) is 5.35. The van der Waals surface area contributed by atoms with Gasteiger partial charge in [-0.1, -0.05) is 12.1 Å². The molecule has 0 radical (unpaired) electrons. The summed E-state index contributed by atoms with van der Waals surface area (Å²) in [5, 5.41) is 0. The number of hydrogen-bond donors (Lipinski definition) is 0. The van der Waals surface area contributed by atoms with E-state index in [-0.39, 0.29) is 6.61 Å². The lowest BCUT2D eigenvalue weighted by molar-refractivity contribution is -0.149. The first-order valence-corrected chi connectivity index (χ1v) is 8.74. The summed E-state index contributed by atoms with van der Waals surface area (Å²) in [7, 11) is 3.06. The van der Waals surface area contributed by atoms with Gasteiger partial charge in [0, 0.05) is 0 Å². The number of carbonyl (C=O) groups excluding carboxylic acids is 3. The van der Waals surface area contributed by atoms with Gasteiger partial charge in [-0.25, -0.2) is 4.79 Å². The summed E-state index contributed by atoms with van der Waals surface area (Å²) < 4.78 is 15.9. The minimum absolute atomic E-state index is 0.0153. The van der Waals surface area contributed by atoms with Crippen LogP contribution in [-0.2, 0) is 16.1 Å². The third kappa shape index (κ3) is 3.31. The van der Waals surface area contributed by atoms with E-state index in [9.17, 15) is 14.4 Å². The summed E-state index contributed by atoms with van der Waals surface area (Å²) >= 11 is 0. The molecule has 0 aliphatic carbocycles. The standard InChI is InChI=1S/C21H21NO6/c1-12-9-17(26-3)18(27-4)10-14(12)11-28-21(25)13(2)22-19(23)15-7-5-6-8-16(15)20(22)24/h5-10,13H,11H2,1-4H3/t13-/m0/s1. The number of methoxy groups -OCH3 is 2. The first-order valence-electron chi connectivity index (χ1n) is 8.74. The molecule has 1 heterocycles. The fourth-order valence-corrected chi connectivity index (χ4v) is 3.11. The van der Waals surface area contributed by atoms with Crippen molar-refractivity contribution in [2.45, 2.75) is 26.5 Å². The average molecular weight is 383 g/mol. The number of nitrogens with zero attached hydrogens (tertiary/aromatic N) is 1. The van der Waals surface area contributed by atoms with Crippen LogP contribution in [0.5, 0.6) is 11.5 Å². The number of rotatable bonds is 6.